The Labute approximate surface area is 124 Å². The molecule has 0 aromatic heterocycles. The van der Waals surface area contributed by atoms with Gasteiger partial charge < -0.3 is 10.8 Å². The van der Waals surface area contributed by atoms with Gasteiger partial charge in [0.15, 0.2) is 0 Å². The van der Waals surface area contributed by atoms with Crippen molar-refractivity contribution in [1.82, 2.24) is 0 Å². The first-order valence-electron chi connectivity index (χ1n) is 5.90. The number of aliphatic hydroxyl groups is 1. The van der Waals surface area contributed by atoms with Crippen molar-refractivity contribution in [2.24, 2.45) is 5.73 Å². The number of benzene rings is 2. The van der Waals surface area contributed by atoms with Crippen LogP contribution in [-0.4, -0.2) is 11.2 Å². The summed E-state index contributed by atoms with van der Waals surface area (Å²) in [6.45, 7) is 0. The van der Waals surface area contributed by atoms with Gasteiger partial charge in [0.05, 0.1) is 12.1 Å². The number of hydrogen-bond acceptors (Lipinski definition) is 2. The molecule has 3 N–H and O–H groups in total. The highest BCUT2D eigenvalue weighted by Crippen LogP contribution is 2.19. The zero-order valence-electron chi connectivity index (χ0n) is 10.4. The zero-order chi connectivity index (χ0) is 13.0. The Morgan fingerprint density at radius 3 is 2.16 bits per heavy atom. The van der Waals surface area contributed by atoms with Crippen molar-refractivity contribution >= 4 is 24.0 Å². The molecule has 0 aliphatic carbocycles. The molecule has 0 unspecified atom stereocenters. The minimum Gasteiger partial charge on any atom is -0.391 e. The van der Waals surface area contributed by atoms with Crippen LogP contribution in [0.4, 0.5) is 0 Å². The summed E-state index contributed by atoms with van der Waals surface area (Å²) in [5.41, 5.74) is 8.01. The largest absolute Gasteiger partial charge is 0.391 e. The average molecular weight is 298 g/mol. The predicted octanol–water partition coefficient (Wildman–Crippen LogP) is 3.37. The van der Waals surface area contributed by atoms with Crippen molar-refractivity contribution in [2.75, 3.05) is 0 Å². The van der Waals surface area contributed by atoms with Gasteiger partial charge in [0.25, 0.3) is 0 Å². The third-order valence-electron chi connectivity index (χ3n) is 2.96. The van der Waals surface area contributed by atoms with Crippen LogP contribution in [0, 0.1) is 0 Å². The summed E-state index contributed by atoms with van der Waals surface area (Å²) < 4.78 is 0. The van der Waals surface area contributed by atoms with E-state index in [9.17, 15) is 5.11 Å². The van der Waals surface area contributed by atoms with Crippen LogP contribution in [0.15, 0.2) is 54.6 Å². The van der Waals surface area contributed by atoms with Crippen molar-refractivity contribution in [3.63, 3.8) is 0 Å². The molecule has 2 rings (SSSR count). The van der Waals surface area contributed by atoms with Crippen LogP contribution in [0.2, 0.25) is 5.02 Å². The van der Waals surface area contributed by atoms with Gasteiger partial charge >= 0.3 is 0 Å². The lowest BCUT2D eigenvalue weighted by Crippen LogP contribution is -2.28. The maximum atomic E-state index is 10.1. The number of aliphatic hydroxyl groups excluding tert-OH is 1. The summed E-state index contributed by atoms with van der Waals surface area (Å²) in [6, 6.07) is 16.7. The fourth-order valence-corrected chi connectivity index (χ4v) is 2.02. The van der Waals surface area contributed by atoms with Crippen molar-refractivity contribution in [3.8, 4) is 0 Å². The molecule has 2 atom stereocenters. The molecular formula is C15H17Cl2NO. The molecule has 0 spiro atoms. The summed E-state index contributed by atoms with van der Waals surface area (Å²) in [7, 11) is 0. The Balaban J connectivity index is 0.00000180. The average Bonchev–Trinajstić information content (AvgIpc) is 2.40. The van der Waals surface area contributed by atoms with E-state index in [4.69, 9.17) is 17.3 Å². The number of nitrogens with two attached hydrogens (primary N) is 1. The van der Waals surface area contributed by atoms with E-state index >= 15 is 0 Å². The van der Waals surface area contributed by atoms with Crippen molar-refractivity contribution < 1.29 is 5.11 Å². The van der Waals surface area contributed by atoms with Gasteiger partial charge in [-0.2, -0.15) is 0 Å². The Morgan fingerprint density at radius 2 is 1.58 bits per heavy atom. The van der Waals surface area contributed by atoms with Crippen molar-refractivity contribution in [1.29, 1.82) is 0 Å². The molecule has 0 saturated carbocycles. The highest BCUT2D eigenvalue weighted by molar-refractivity contribution is 6.30. The molecular weight excluding hydrogens is 281 g/mol. The van der Waals surface area contributed by atoms with Crippen molar-refractivity contribution in [2.45, 2.75) is 18.6 Å². The lowest BCUT2D eigenvalue weighted by Gasteiger charge is -2.19. The second-order valence-electron chi connectivity index (χ2n) is 4.33. The summed E-state index contributed by atoms with van der Waals surface area (Å²) in [5.74, 6) is 0. The quantitative estimate of drug-likeness (QED) is 0.909. The molecule has 0 saturated heterocycles. The predicted molar refractivity (Wildman–Crippen MR) is 81.8 cm³/mol. The Kier molecular flexibility index (Phi) is 6.32. The molecule has 0 heterocycles. The number of rotatable bonds is 4. The molecule has 4 heteroatoms. The molecule has 0 aliphatic heterocycles. The molecule has 0 bridgehead atoms. The molecule has 2 aromatic rings. The standard InChI is InChI=1S/C15H16ClNO.ClH/c16-13-8-6-12(7-9-13)15(17)14(18)10-11-4-2-1-3-5-11;/h1-9,14-15,18H,10,17H2;1H/t14-,15+;/m0./s1. The second kappa shape index (κ2) is 7.51. The van der Waals surface area contributed by atoms with E-state index in [1.165, 1.54) is 0 Å². The van der Waals surface area contributed by atoms with Gasteiger partial charge in [-0.15, -0.1) is 12.4 Å². The van der Waals surface area contributed by atoms with Crippen LogP contribution in [-0.2, 0) is 6.42 Å². The van der Waals surface area contributed by atoms with Gasteiger partial charge in [0.1, 0.15) is 0 Å². The highest BCUT2D eigenvalue weighted by Gasteiger charge is 2.16. The third-order valence-corrected chi connectivity index (χ3v) is 3.21. The monoisotopic (exact) mass is 297 g/mol. The van der Waals surface area contributed by atoms with Crippen LogP contribution in [0.5, 0.6) is 0 Å². The summed E-state index contributed by atoms with van der Waals surface area (Å²) in [6.07, 6.45) is -0.0569. The van der Waals surface area contributed by atoms with E-state index < -0.39 is 12.1 Å². The first-order chi connectivity index (χ1) is 8.66. The molecule has 0 radical (unpaired) electrons. The van der Waals surface area contributed by atoms with Crippen LogP contribution < -0.4 is 5.73 Å². The highest BCUT2D eigenvalue weighted by atomic mass is 35.5. The van der Waals surface area contributed by atoms with Gasteiger partial charge in [-0.3, -0.25) is 0 Å². The topological polar surface area (TPSA) is 46.2 Å². The minimum atomic E-state index is -0.603. The van der Waals surface area contributed by atoms with Gasteiger partial charge in [-0.1, -0.05) is 54.1 Å². The second-order valence-corrected chi connectivity index (χ2v) is 4.77. The molecule has 19 heavy (non-hydrogen) atoms. The van der Waals surface area contributed by atoms with Crippen molar-refractivity contribution in [3.05, 3.63) is 70.7 Å². The number of hydrogen-bond donors (Lipinski definition) is 2. The van der Waals surface area contributed by atoms with Crippen LogP contribution in [0.25, 0.3) is 0 Å². The fraction of sp³-hybridized carbons (Fsp3) is 0.200. The zero-order valence-corrected chi connectivity index (χ0v) is 11.9. The first-order valence-corrected chi connectivity index (χ1v) is 6.27. The number of halogens is 2. The molecule has 102 valence electrons. The van der Waals surface area contributed by atoms with Gasteiger partial charge in [-0.25, -0.2) is 0 Å². The van der Waals surface area contributed by atoms with E-state index in [1.54, 1.807) is 12.1 Å². The normalized spacial score (nSPS) is 13.4. The van der Waals surface area contributed by atoms with E-state index in [2.05, 4.69) is 0 Å². The first kappa shape index (κ1) is 16.0. The van der Waals surface area contributed by atoms with Crippen LogP contribution >= 0.6 is 24.0 Å². The Morgan fingerprint density at radius 1 is 1.00 bits per heavy atom. The smallest absolute Gasteiger partial charge is 0.0773 e. The van der Waals surface area contributed by atoms with E-state index in [0.29, 0.717) is 11.4 Å². The maximum Gasteiger partial charge on any atom is 0.0773 e. The Hall–Kier alpha value is -1.06. The molecule has 0 fully saturated rings. The van der Waals surface area contributed by atoms with Crippen LogP contribution in [0.3, 0.4) is 0 Å². The summed E-state index contributed by atoms with van der Waals surface area (Å²) in [4.78, 5) is 0. The Bertz CT molecular complexity index is 487. The fourth-order valence-electron chi connectivity index (χ4n) is 1.89. The van der Waals surface area contributed by atoms with E-state index in [0.717, 1.165) is 11.1 Å². The SMILES string of the molecule is Cl.N[C@H](c1ccc(Cl)cc1)[C@@H](O)Cc1ccccc1. The van der Waals surface area contributed by atoms with Gasteiger partial charge in [-0.05, 0) is 23.3 Å². The molecule has 2 nitrogen and oxygen atoms in total. The van der Waals surface area contributed by atoms with E-state index in [1.807, 2.05) is 42.5 Å². The minimum absolute atomic E-state index is 0. The maximum absolute atomic E-state index is 10.1. The molecule has 0 amide bonds. The van der Waals surface area contributed by atoms with Crippen LogP contribution in [0.1, 0.15) is 17.2 Å². The third kappa shape index (κ3) is 4.51. The summed E-state index contributed by atoms with van der Waals surface area (Å²) >= 11 is 5.82. The van der Waals surface area contributed by atoms with E-state index in [-0.39, 0.29) is 12.4 Å². The van der Waals surface area contributed by atoms with Gasteiger partial charge in [0.2, 0.25) is 0 Å². The van der Waals surface area contributed by atoms with Gasteiger partial charge in [0, 0.05) is 11.4 Å². The molecule has 2 aromatic carbocycles. The molecule has 0 aliphatic rings. The lowest BCUT2D eigenvalue weighted by atomic mass is 9.97. The lowest BCUT2D eigenvalue weighted by molar-refractivity contribution is 0.145. The summed E-state index contributed by atoms with van der Waals surface area (Å²) in [5, 5.41) is 10.8.